The zero-order chi connectivity index (χ0) is 31.0. The second kappa shape index (κ2) is 12.0. The van der Waals surface area contributed by atoms with Crippen LogP contribution in [0.2, 0.25) is 0 Å². The molecule has 44 heavy (non-hydrogen) atoms. The van der Waals surface area contributed by atoms with Crippen molar-refractivity contribution in [2.75, 3.05) is 13.7 Å². The lowest BCUT2D eigenvalue weighted by Gasteiger charge is -2.25. The summed E-state index contributed by atoms with van der Waals surface area (Å²) in [4.78, 5) is 32.6. The van der Waals surface area contributed by atoms with Gasteiger partial charge in [-0.2, -0.15) is 0 Å². The van der Waals surface area contributed by atoms with Gasteiger partial charge in [0.25, 0.3) is 5.56 Å². The summed E-state index contributed by atoms with van der Waals surface area (Å²) >= 11 is 1.31. The zero-order valence-electron chi connectivity index (χ0n) is 25.3. The summed E-state index contributed by atoms with van der Waals surface area (Å²) < 4.78 is 15.4. The van der Waals surface area contributed by atoms with Gasteiger partial charge in [0.15, 0.2) is 4.80 Å². The van der Waals surface area contributed by atoms with Gasteiger partial charge in [-0.05, 0) is 74.7 Å². The van der Waals surface area contributed by atoms with Crippen LogP contribution in [0.25, 0.3) is 22.9 Å². The minimum Gasteiger partial charge on any atom is -0.496 e. The van der Waals surface area contributed by atoms with Crippen LogP contribution in [0.4, 0.5) is 0 Å². The third-order valence-corrected chi connectivity index (χ3v) is 8.92. The number of thiazole rings is 1. The molecule has 0 N–H and O–H groups in total. The molecule has 0 amide bonds. The Morgan fingerprint density at radius 2 is 1.64 bits per heavy atom. The number of methoxy groups -OCH3 is 1. The topological polar surface area (TPSA) is 74.8 Å². The molecule has 0 saturated heterocycles. The number of nitrogens with zero attached hydrogens (tertiary/aromatic N) is 3. The van der Waals surface area contributed by atoms with Crippen LogP contribution in [0.15, 0.2) is 106 Å². The van der Waals surface area contributed by atoms with Gasteiger partial charge in [0.05, 0.1) is 29.5 Å². The monoisotopic (exact) mass is 603 g/mol. The maximum Gasteiger partial charge on any atom is 0.338 e. The maximum atomic E-state index is 14.1. The van der Waals surface area contributed by atoms with Crippen LogP contribution >= 0.6 is 11.3 Å². The van der Waals surface area contributed by atoms with E-state index in [0.717, 1.165) is 28.2 Å². The lowest BCUT2D eigenvalue weighted by atomic mass is 9.95. The van der Waals surface area contributed by atoms with Gasteiger partial charge >= 0.3 is 5.97 Å². The van der Waals surface area contributed by atoms with Crippen LogP contribution in [0.1, 0.15) is 42.4 Å². The fraction of sp³-hybridized carbons (Fsp3) is 0.194. The maximum absolute atomic E-state index is 14.1. The Hall–Kier alpha value is -4.95. The smallest absolute Gasteiger partial charge is 0.338 e. The first-order valence-corrected chi connectivity index (χ1v) is 15.3. The minimum absolute atomic E-state index is 0.212. The molecule has 3 heterocycles. The highest BCUT2D eigenvalue weighted by Gasteiger charge is 2.35. The number of hydrogen-bond donors (Lipinski definition) is 0. The van der Waals surface area contributed by atoms with Crippen molar-refractivity contribution in [1.29, 1.82) is 0 Å². The molecule has 0 aliphatic carbocycles. The molecule has 1 atom stereocenters. The van der Waals surface area contributed by atoms with Crippen molar-refractivity contribution in [2.45, 2.75) is 33.7 Å². The van der Waals surface area contributed by atoms with E-state index in [1.54, 1.807) is 25.5 Å². The van der Waals surface area contributed by atoms with E-state index in [9.17, 15) is 9.59 Å². The molecule has 5 aromatic rings. The quantitative estimate of drug-likeness (QED) is 0.218. The van der Waals surface area contributed by atoms with Gasteiger partial charge in [-0.25, -0.2) is 9.79 Å². The molecule has 8 heteroatoms. The Labute approximate surface area is 259 Å². The van der Waals surface area contributed by atoms with E-state index in [4.69, 9.17) is 14.5 Å². The van der Waals surface area contributed by atoms with Crippen LogP contribution in [0.3, 0.4) is 0 Å². The molecule has 2 aromatic heterocycles. The van der Waals surface area contributed by atoms with Crippen LogP contribution in [-0.2, 0) is 9.53 Å². The molecule has 1 aliphatic heterocycles. The fourth-order valence-corrected chi connectivity index (χ4v) is 6.92. The average Bonchev–Trinajstić information content (AvgIpc) is 3.50. The van der Waals surface area contributed by atoms with E-state index in [2.05, 4.69) is 60.9 Å². The summed E-state index contributed by atoms with van der Waals surface area (Å²) in [6, 6.07) is 27.6. The molecule has 7 nitrogen and oxygen atoms in total. The SMILES string of the molecule is CCOC(=O)C1=C(C)N=c2s/c(=C\c3cc(C)n(-c4ccc(-c5ccccc5)cc4)c3C)c(=O)n2[C@@H]1c1ccccc1OC. The normalized spacial score (nSPS) is 14.8. The molecule has 0 fully saturated rings. The summed E-state index contributed by atoms with van der Waals surface area (Å²) in [7, 11) is 1.58. The molecular formula is C36H33N3O4S. The van der Waals surface area contributed by atoms with E-state index in [1.807, 2.05) is 48.5 Å². The van der Waals surface area contributed by atoms with Crippen LogP contribution in [0, 0.1) is 13.8 Å². The van der Waals surface area contributed by atoms with Gasteiger partial charge in [-0.15, -0.1) is 0 Å². The molecule has 0 radical (unpaired) electrons. The van der Waals surface area contributed by atoms with Gasteiger partial charge in [0.1, 0.15) is 11.8 Å². The molecule has 3 aromatic carbocycles. The number of benzene rings is 3. The van der Waals surface area contributed by atoms with Crippen molar-refractivity contribution in [2.24, 2.45) is 4.99 Å². The summed E-state index contributed by atoms with van der Waals surface area (Å²) in [6.07, 6.45) is 1.92. The number of rotatable bonds is 7. The van der Waals surface area contributed by atoms with Gasteiger partial charge in [-0.1, -0.05) is 72.0 Å². The van der Waals surface area contributed by atoms with Gasteiger partial charge in [0.2, 0.25) is 0 Å². The Morgan fingerprint density at radius 3 is 2.34 bits per heavy atom. The average molecular weight is 604 g/mol. The van der Waals surface area contributed by atoms with Crippen LogP contribution in [0.5, 0.6) is 5.75 Å². The van der Waals surface area contributed by atoms with Gasteiger partial charge in [-0.3, -0.25) is 9.36 Å². The number of para-hydroxylation sites is 1. The Bertz CT molecular complexity index is 2080. The van der Waals surface area contributed by atoms with Crippen molar-refractivity contribution in [3.8, 4) is 22.6 Å². The third-order valence-electron chi connectivity index (χ3n) is 7.94. The second-order valence-electron chi connectivity index (χ2n) is 10.6. The van der Waals surface area contributed by atoms with Crippen molar-refractivity contribution >= 4 is 23.4 Å². The van der Waals surface area contributed by atoms with E-state index >= 15 is 0 Å². The second-order valence-corrected chi connectivity index (χ2v) is 11.6. The van der Waals surface area contributed by atoms with Crippen molar-refractivity contribution in [3.05, 3.63) is 138 Å². The molecule has 0 spiro atoms. The number of fused-ring (bicyclic) bond motifs is 1. The Kier molecular flexibility index (Phi) is 7.93. The molecular weight excluding hydrogens is 570 g/mol. The first-order valence-electron chi connectivity index (χ1n) is 14.5. The summed E-state index contributed by atoms with van der Waals surface area (Å²) in [5, 5.41) is 0. The standard InChI is InChI=1S/C36H33N3O4S/c1-6-43-35(41)32-23(3)37-36-39(33(32)29-14-10-11-15-30(29)42-5)34(40)31(44-36)21-27-20-22(2)38(24(27)4)28-18-16-26(17-19-28)25-12-8-7-9-13-25/h7-21,33H,6H2,1-5H3/b31-21-/t33-/m1/s1. The lowest BCUT2D eigenvalue weighted by Crippen LogP contribution is -2.40. The number of aromatic nitrogens is 2. The predicted molar refractivity (Wildman–Crippen MR) is 174 cm³/mol. The van der Waals surface area contributed by atoms with Crippen molar-refractivity contribution in [3.63, 3.8) is 0 Å². The highest BCUT2D eigenvalue weighted by molar-refractivity contribution is 7.07. The summed E-state index contributed by atoms with van der Waals surface area (Å²) in [5.74, 6) is 0.0752. The number of carbonyl (C=O) groups excluding carboxylic acids is 1. The Morgan fingerprint density at radius 1 is 0.955 bits per heavy atom. The molecule has 0 unspecified atom stereocenters. The lowest BCUT2D eigenvalue weighted by molar-refractivity contribution is -0.139. The number of esters is 1. The minimum atomic E-state index is -0.737. The molecule has 222 valence electrons. The van der Waals surface area contributed by atoms with Gasteiger partial charge < -0.3 is 14.0 Å². The molecule has 1 aliphatic rings. The molecule has 0 bridgehead atoms. The largest absolute Gasteiger partial charge is 0.496 e. The third kappa shape index (κ3) is 5.11. The number of carbonyl (C=O) groups is 1. The molecule has 6 rings (SSSR count). The van der Waals surface area contributed by atoms with E-state index in [1.165, 1.54) is 16.9 Å². The number of ether oxygens (including phenoxy) is 2. The van der Waals surface area contributed by atoms with Crippen molar-refractivity contribution < 1.29 is 14.3 Å². The Balaban J connectivity index is 1.46. The fourth-order valence-electron chi connectivity index (χ4n) is 5.88. The number of hydrogen-bond acceptors (Lipinski definition) is 6. The summed E-state index contributed by atoms with van der Waals surface area (Å²) in [6.45, 7) is 7.87. The zero-order valence-corrected chi connectivity index (χ0v) is 26.1. The van der Waals surface area contributed by atoms with Crippen LogP contribution in [-0.4, -0.2) is 28.8 Å². The van der Waals surface area contributed by atoms with E-state index in [0.29, 0.717) is 31.9 Å². The predicted octanol–water partition coefficient (Wildman–Crippen LogP) is 5.88. The summed E-state index contributed by atoms with van der Waals surface area (Å²) in [5.41, 5.74) is 7.70. The van der Waals surface area contributed by atoms with E-state index < -0.39 is 12.0 Å². The van der Waals surface area contributed by atoms with Gasteiger partial charge in [0, 0.05) is 22.6 Å². The highest BCUT2D eigenvalue weighted by Crippen LogP contribution is 2.35. The van der Waals surface area contributed by atoms with Crippen molar-refractivity contribution in [1.82, 2.24) is 9.13 Å². The molecule has 0 saturated carbocycles. The first kappa shape index (κ1) is 29.1. The highest BCUT2D eigenvalue weighted by atomic mass is 32.1. The van der Waals surface area contributed by atoms with E-state index in [-0.39, 0.29) is 12.2 Å². The number of aryl methyl sites for hydroxylation is 1. The van der Waals surface area contributed by atoms with Crippen LogP contribution < -0.4 is 19.6 Å². The number of allylic oxidation sites excluding steroid dienone is 1. The first-order chi connectivity index (χ1) is 21.3.